The summed E-state index contributed by atoms with van der Waals surface area (Å²) in [5, 5.41) is 12.5. The van der Waals surface area contributed by atoms with E-state index >= 15 is 13.2 Å². The van der Waals surface area contributed by atoms with E-state index in [2.05, 4.69) is 11.4 Å². The third kappa shape index (κ3) is 5.05. The molecule has 1 aliphatic carbocycles. The number of fused-ring (bicyclic) bond motifs is 1. The highest BCUT2D eigenvalue weighted by Gasteiger charge is 2.71. The van der Waals surface area contributed by atoms with Gasteiger partial charge in [-0.15, -0.1) is 0 Å². The molecule has 216 valence electrons. The van der Waals surface area contributed by atoms with Crippen molar-refractivity contribution in [2.75, 3.05) is 31.1 Å². The summed E-state index contributed by atoms with van der Waals surface area (Å²) >= 11 is 0. The SMILES string of the molecule is CC(=O)NC[C@H]1CN(c2cc(F)c(-c3ccc([C@@]4(C#N)[C@@H]5CN(C(=O)OC(C)(C)C)C[C@@H]54)c(F)c3)c(F)c2)C(=O)O1. The molecule has 12 heteroatoms. The molecule has 2 aromatic carbocycles. The first-order valence-corrected chi connectivity index (χ1v) is 13.2. The van der Waals surface area contributed by atoms with Crippen LogP contribution in [0.25, 0.3) is 11.1 Å². The first kappa shape index (κ1) is 28.3. The standard InChI is InChI=1S/C29H29F3N4O5/c1-15(37)34-10-18-11-36(27(39)40-18)17-8-23(31)25(24(32)9-17)16-5-6-19(22(30)7-16)29(14-33)20-12-35(13-21(20)29)26(38)41-28(2,3)4/h5-9,18,20-21H,10-13H2,1-4H3,(H,34,37)/t18-,20-,21+,29+/m0/s1. The fraction of sp³-hybridized carbons (Fsp3) is 0.448. The molecule has 3 aliphatic rings. The van der Waals surface area contributed by atoms with Crippen molar-refractivity contribution in [3.8, 4) is 17.2 Å². The van der Waals surface area contributed by atoms with Crippen LogP contribution in [0.5, 0.6) is 0 Å². The number of rotatable bonds is 5. The van der Waals surface area contributed by atoms with Crippen LogP contribution in [0.15, 0.2) is 30.3 Å². The van der Waals surface area contributed by atoms with Gasteiger partial charge in [0.15, 0.2) is 0 Å². The van der Waals surface area contributed by atoms with Gasteiger partial charge in [0, 0.05) is 37.4 Å². The Hall–Kier alpha value is -4.27. The predicted molar refractivity (Wildman–Crippen MR) is 140 cm³/mol. The molecule has 0 aromatic heterocycles. The number of hydrogen-bond donors (Lipinski definition) is 1. The normalized spacial score (nSPS) is 24.9. The Kier molecular flexibility index (Phi) is 6.88. The summed E-state index contributed by atoms with van der Waals surface area (Å²) in [5.41, 5.74) is -2.35. The Morgan fingerprint density at radius 3 is 2.27 bits per heavy atom. The van der Waals surface area contributed by atoms with Gasteiger partial charge in [-0.1, -0.05) is 12.1 Å². The average Bonchev–Trinajstić information content (AvgIpc) is 3.16. The van der Waals surface area contributed by atoms with E-state index in [0.29, 0.717) is 0 Å². The zero-order valence-electron chi connectivity index (χ0n) is 23.0. The lowest BCUT2D eigenvalue weighted by Gasteiger charge is -2.27. The number of carbonyl (C=O) groups excluding carboxylic acids is 3. The van der Waals surface area contributed by atoms with Gasteiger partial charge in [0.25, 0.3) is 0 Å². The molecule has 41 heavy (non-hydrogen) atoms. The maximum absolute atomic E-state index is 15.5. The van der Waals surface area contributed by atoms with Crippen LogP contribution >= 0.6 is 0 Å². The van der Waals surface area contributed by atoms with Gasteiger partial charge in [-0.25, -0.2) is 22.8 Å². The van der Waals surface area contributed by atoms with Crippen LogP contribution in [0.1, 0.15) is 33.3 Å². The predicted octanol–water partition coefficient (Wildman–Crippen LogP) is 4.49. The molecule has 3 amide bonds. The number of benzene rings is 2. The fourth-order valence-electron chi connectivity index (χ4n) is 5.83. The molecular weight excluding hydrogens is 541 g/mol. The van der Waals surface area contributed by atoms with Crippen LogP contribution in [-0.2, 0) is 19.7 Å². The van der Waals surface area contributed by atoms with E-state index in [1.807, 2.05) is 0 Å². The Bertz CT molecular complexity index is 1450. The minimum atomic E-state index is -1.15. The topological polar surface area (TPSA) is 112 Å². The number of carbonyl (C=O) groups is 3. The van der Waals surface area contributed by atoms with Gasteiger partial charge in [-0.3, -0.25) is 9.69 Å². The molecule has 0 bridgehead atoms. The van der Waals surface area contributed by atoms with Crippen molar-refractivity contribution < 1.29 is 37.0 Å². The smallest absolute Gasteiger partial charge is 0.414 e. The lowest BCUT2D eigenvalue weighted by atomic mass is 9.89. The minimum Gasteiger partial charge on any atom is -0.444 e. The van der Waals surface area contributed by atoms with Gasteiger partial charge in [-0.2, -0.15) is 5.26 Å². The van der Waals surface area contributed by atoms with Gasteiger partial charge >= 0.3 is 12.2 Å². The van der Waals surface area contributed by atoms with Gasteiger partial charge in [0.05, 0.1) is 35.8 Å². The third-order valence-corrected chi connectivity index (χ3v) is 7.71. The van der Waals surface area contributed by atoms with Crippen LogP contribution in [0.4, 0.5) is 28.4 Å². The van der Waals surface area contributed by atoms with Crippen LogP contribution in [0.2, 0.25) is 0 Å². The van der Waals surface area contributed by atoms with Gasteiger partial charge in [0.2, 0.25) is 5.91 Å². The second-order valence-electron chi connectivity index (χ2n) is 11.6. The van der Waals surface area contributed by atoms with Crippen LogP contribution in [-0.4, -0.2) is 60.9 Å². The number of piperidine rings is 1. The zero-order chi connectivity index (χ0) is 29.9. The van der Waals surface area contributed by atoms with Crippen LogP contribution in [0, 0.1) is 40.6 Å². The summed E-state index contributed by atoms with van der Waals surface area (Å²) in [6, 6.07) is 7.84. The first-order valence-electron chi connectivity index (χ1n) is 13.2. The maximum atomic E-state index is 15.5. The van der Waals surface area contributed by atoms with Gasteiger partial charge in [-0.05, 0) is 44.5 Å². The largest absolute Gasteiger partial charge is 0.444 e. The zero-order valence-corrected chi connectivity index (χ0v) is 23.0. The lowest BCUT2D eigenvalue weighted by molar-refractivity contribution is -0.119. The molecule has 9 nitrogen and oxygen atoms in total. The van der Waals surface area contributed by atoms with Gasteiger partial charge in [0.1, 0.15) is 29.2 Å². The van der Waals surface area contributed by atoms with Crippen molar-refractivity contribution in [3.63, 3.8) is 0 Å². The van der Waals surface area contributed by atoms with Crippen LogP contribution in [0.3, 0.4) is 0 Å². The number of anilines is 1. The molecule has 2 aromatic rings. The van der Waals surface area contributed by atoms with E-state index in [0.717, 1.165) is 23.1 Å². The monoisotopic (exact) mass is 570 g/mol. The molecule has 4 atom stereocenters. The van der Waals surface area contributed by atoms with E-state index in [1.165, 1.54) is 24.0 Å². The Balaban J connectivity index is 1.34. The number of nitrogens with one attached hydrogen (secondary N) is 1. The average molecular weight is 571 g/mol. The molecule has 3 fully saturated rings. The number of halogens is 3. The minimum absolute atomic E-state index is 0.0232. The molecule has 1 saturated carbocycles. The van der Waals surface area contributed by atoms with E-state index in [9.17, 15) is 19.6 Å². The number of nitrogens with zero attached hydrogens (tertiary/aromatic N) is 3. The number of amides is 3. The quantitative estimate of drug-likeness (QED) is 0.567. The van der Waals surface area contributed by atoms with Gasteiger partial charge < -0.3 is 19.7 Å². The summed E-state index contributed by atoms with van der Waals surface area (Å²) in [5.74, 6) is -3.71. The van der Waals surface area contributed by atoms with E-state index in [4.69, 9.17) is 9.47 Å². The van der Waals surface area contributed by atoms with E-state index in [-0.39, 0.29) is 60.7 Å². The summed E-state index contributed by atoms with van der Waals surface area (Å²) < 4.78 is 56.4. The van der Waals surface area contributed by atoms with Crippen molar-refractivity contribution in [1.82, 2.24) is 10.2 Å². The highest BCUT2D eigenvalue weighted by Crippen LogP contribution is 2.63. The van der Waals surface area contributed by atoms with Crippen molar-refractivity contribution in [1.29, 1.82) is 5.26 Å². The van der Waals surface area contributed by atoms with Crippen molar-refractivity contribution >= 4 is 23.8 Å². The highest BCUT2D eigenvalue weighted by atomic mass is 19.1. The van der Waals surface area contributed by atoms with E-state index < -0.39 is 52.3 Å². The van der Waals surface area contributed by atoms with Crippen molar-refractivity contribution in [3.05, 3.63) is 53.3 Å². The molecule has 2 saturated heterocycles. The molecule has 0 radical (unpaired) electrons. The Morgan fingerprint density at radius 1 is 1.10 bits per heavy atom. The Morgan fingerprint density at radius 2 is 1.73 bits per heavy atom. The number of ether oxygens (including phenoxy) is 2. The third-order valence-electron chi connectivity index (χ3n) is 7.71. The fourth-order valence-corrected chi connectivity index (χ4v) is 5.83. The van der Waals surface area contributed by atoms with E-state index in [1.54, 1.807) is 20.8 Å². The molecule has 2 heterocycles. The number of hydrogen-bond acceptors (Lipinski definition) is 6. The number of cyclic esters (lactones) is 1. The first-order chi connectivity index (χ1) is 19.2. The molecule has 2 aliphatic heterocycles. The number of nitriles is 1. The van der Waals surface area contributed by atoms with Crippen molar-refractivity contribution in [2.24, 2.45) is 11.8 Å². The highest BCUT2D eigenvalue weighted by molar-refractivity contribution is 5.90. The molecule has 0 unspecified atom stereocenters. The number of likely N-dealkylation sites (tertiary alicyclic amines) is 1. The second kappa shape index (κ2) is 9.98. The maximum Gasteiger partial charge on any atom is 0.414 e. The summed E-state index contributed by atoms with van der Waals surface area (Å²) in [6.07, 6.45) is -2.00. The van der Waals surface area contributed by atoms with Crippen molar-refractivity contribution in [2.45, 2.75) is 44.8 Å². The van der Waals surface area contributed by atoms with Crippen LogP contribution < -0.4 is 10.2 Å². The lowest BCUT2D eigenvalue weighted by Crippen LogP contribution is -2.39. The Labute approximate surface area is 234 Å². The summed E-state index contributed by atoms with van der Waals surface area (Å²) in [6.45, 7) is 7.08. The molecule has 5 rings (SSSR count). The molecule has 0 spiro atoms. The second-order valence-corrected chi connectivity index (χ2v) is 11.6. The summed E-state index contributed by atoms with van der Waals surface area (Å²) in [7, 11) is 0. The molecule has 1 N–H and O–H groups in total. The molecular formula is C29H29F3N4O5. The summed E-state index contributed by atoms with van der Waals surface area (Å²) in [4.78, 5) is 38.4.